The predicted molar refractivity (Wildman–Crippen MR) is 38.2 cm³/mol. The minimum absolute atomic E-state index is 0.192. The van der Waals surface area contributed by atoms with Gasteiger partial charge in [0.2, 0.25) is 5.91 Å². The Labute approximate surface area is 62.3 Å². The van der Waals surface area contributed by atoms with Gasteiger partial charge in [-0.05, 0) is 0 Å². The summed E-state index contributed by atoms with van der Waals surface area (Å²) < 4.78 is -0.192. The molecule has 1 saturated heterocycles. The Morgan fingerprint density at radius 2 is 2.56 bits per heavy atom. The monoisotopic (exact) mass is 166 g/mol. The fourth-order valence-electron chi connectivity index (χ4n) is 0.636. The van der Waals surface area contributed by atoms with Gasteiger partial charge in [0, 0.05) is 5.88 Å². The summed E-state index contributed by atoms with van der Waals surface area (Å²) in [5, 5.41) is 2.86. The SMILES string of the molecule is NC(=O)C1NCSC1Cl. The van der Waals surface area contributed by atoms with E-state index >= 15 is 0 Å². The van der Waals surface area contributed by atoms with Gasteiger partial charge >= 0.3 is 0 Å². The molecule has 0 aromatic heterocycles. The summed E-state index contributed by atoms with van der Waals surface area (Å²) in [6.45, 7) is 0. The molecule has 1 amide bonds. The van der Waals surface area contributed by atoms with Crippen molar-refractivity contribution in [1.82, 2.24) is 5.32 Å². The van der Waals surface area contributed by atoms with E-state index in [9.17, 15) is 4.79 Å². The van der Waals surface area contributed by atoms with E-state index in [1.54, 1.807) is 0 Å². The Morgan fingerprint density at radius 1 is 1.89 bits per heavy atom. The van der Waals surface area contributed by atoms with Crippen LogP contribution in [0.4, 0.5) is 0 Å². The minimum atomic E-state index is -0.375. The molecule has 9 heavy (non-hydrogen) atoms. The largest absolute Gasteiger partial charge is 0.368 e. The van der Waals surface area contributed by atoms with Crippen LogP contribution in [-0.4, -0.2) is 22.5 Å². The summed E-state index contributed by atoms with van der Waals surface area (Å²) in [6, 6.07) is -0.350. The predicted octanol–water partition coefficient (Wildman–Crippen LogP) is -0.301. The molecule has 0 aromatic rings. The molecule has 1 heterocycles. The number of carbonyl (C=O) groups is 1. The Balaban J connectivity index is 2.49. The van der Waals surface area contributed by atoms with Gasteiger partial charge in [-0.15, -0.1) is 23.4 Å². The first kappa shape index (κ1) is 7.18. The fraction of sp³-hybridized carbons (Fsp3) is 0.750. The fourth-order valence-corrected chi connectivity index (χ4v) is 1.90. The van der Waals surface area contributed by atoms with Crippen molar-refractivity contribution in [2.45, 2.75) is 10.8 Å². The number of primary amides is 1. The van der Waals surface area contributed by atoms with E-state index < -0.39 is 0 Å². The quantitative estimate of drug-likeness (QED) is 0.526. The Bertz CT molecular complexity index is 132. The van der Waals surface area contributed by atoms with Crippen LogP contribution < -0.4 is 11.1 Å². The third-order valence-corrected chi connectivity index (χ3v) is 2.67. The molecule has 0 aromatic carbocycles. The van der Waals surface area contributed by atoms with E-state index in [-0.39, 0.29) is 16.7 Å². The average Bonchev–Trinajstić information content (AvgIpc) is 2.13. The Kier molecular flexibility index (Phi) is 2.21. The van der Waals surface area contributed by atoms with Crippen LogP contribution in [0.25, 0.3) is 0 Å². The van der Waals surface area contributed by atoms with Crippen molar-refractivity contribution in [2.75, 3.05) is 5.88 Å². The lowest BCUT2D eigenvalue weighted by molar-refractivity contribution is -0.119. The molecule has 0 radical (unpaired) electrons. The topological polar surface area (TPSA) is 55.1 Å². The van der Waals surface area contributed by atoms with E-state index in [1.165, 1.54) is 11.8 Å². The van der Waals surface area contributed by atoms with Crippen LogP contribution in [0.2, 0.25) is 0 Å². The van der Waals surface area contributed by atoms with Crippen molar-refractivity contribution in [1.29, 1.82) is 0 Å². The van der Waals surface area contributed by atoms with Crippen molar-refractivity contribution in [3.05, 3.63) is 0 Å². The highest BCUT2D eigenvalue weighted by Gasteiger charge is 2.29. The maximum Gasteiger partial charge on any atom is 0.237 e. The van der Waals surface area contributed by atoms with Crippen molar-refractivity contribution in [3.8, 4) is 0 Å². The van der Waals surface area contributed by atoms with Gasteiger partial charge in [0.25, 0.3) is 0 Å². The van der Waals surface area contributed by atoms with Gasteiger partial charge in [-0.3, -0.25) is 10.1 Å². The highest BCUT2D eigenvalue weighted by molar-refractivity contribution is 8.01. The summed E-state index contributed by atoms with van der Waals surface area (Å²) in [5.41, 5.74) is 4.99. The number of thioether (sulfide) groups is 1. The van der Waals surface area contributed by atoms with Crippen molar-refractivity contribution >= 4 is 29.3 Å². The third kappa shape index (κ3) is 1.50. The molecular formula is C4H7ClN2OS. The number of hydrogen-bond acceptors (Lipinski definition) is 3. The normalized spacial score (nSPS) is 34.8. The molecule has 0 spiro atoms. The van der Waals surface area contributed by atoms with Crippen LogP contribution in [0.3, 0.4) is 0 Å². The third-order valence-electron chi connectivity index (χ3n) is 1.11. The second kappa shape index (κ2) is 2.77. The van der Waals surface area contributed by atoms with Gasteiger partial charge in [0.1, 0.15) is 10.8 Å². The molecule has 5 heteroatoms. The number of alkyl halides is 1. The Hall–Kier alpha value is 0.0700. The van der Waals surface area contributed by atoms with Crippen molar-refractivity contribution < 1.29 is 4.79 Å². The van der Waals surface area contributed by atoms with E-state index in [1.807, 2.05) is 0 Å². The molecule has 3 N–H and O–H groups in total. The van der Waals surface area contributed by atoms with Gasteiger partial charge in [0.05, 0.1) is 0 Å². The Morgan fingerprint density at radius 3 is 2.78 bits per heavy atom. The van der Waals surface area contributed by atoms with Gasteiger partial charge in [0.15, 0.2) is 0 Å². The molecule has 0 aliphatic carbocycles. The number of amides is 1. The van der Waals surface area contributed by atoms with E-state index in [2.05, 4.69) is 5.32 Å². The highest BCUT2D eigenvalue weighted by Crippen LogP contribution is 2.23. The standard InChI is InChI=1S/C4H7ClN2OS/c5-3-2(4(6)8)7-1-9-3/h2-3,7H,1H2,(H2,6,8). The zero-order valence-corrected chi connectivity index (χ0v) is 6.21. The molecule has 0 bridgehead atoms. The molecule has 1 fully saturated rings. The smallest absolute Gasteiger partial charge is 0.237 e. The molecule has 1 aliphatic rings. The lowest BCUT2D eigenvalue weighted by Crippen LogP contribution is -2.40. The first-order chi connectivity index (χ1) is 4.22. The van der Waals surface area contributed by atoms with Crippen LogP contribution in [-0.2, 0) is 4.79 Å². The number of nitrogens with one attached hydrogen (secondary N) is 1. The lowest BCUT2D eigenvalue weighted by Gasteiger charge is -2.06. The number of nitrogens with two attached hydrogens (primary N) is 1. The summed E-state index contributed by atoms with van der Waals surface area (Å²) >= 11 is 7.16. The second-order valence-corrected chi connectivity index (χ2v) is 3.61. The zero-order valence-electron chi connectivity index (χ0n) is 4.63. The molecule has 0 saturated carbocycles. The summed E-state index contributed by atoms with van der Waals surface area (Å²) in [7, 11) is 0. The van der Waals surface area contributed by atoms with Crippen molar-refractivity contribution in [3.63, 3.8) is 0 Å². The lowest BCUT2D eigenvalue weighted by atomic mass is 10.3. The highest BCUT2D eigenvalue weighted by atomic mass is 35.5. The summed E-state index contributed by atoms with van der Waals surface area (Å²) in [6.07, 6.45) is 0. The first-order valence-electron chi connectivity index (χ1n) is 2.50. The van der Waals surface area contributed by atoms with Gasteiger partial charge in [-0.1, -0.05) is 0 Å². The maximum atomic E-state index is 10.5. The average molecular weight is 167 g/mol. The molecule has 1 aliphatic heterocycles. The summed E-state index contributed by atoms with van der Waals surface area (Å²) in [4.78, 5) is 10.5. The van der Waals surface area contributed by atoms with E-state index in [0.717, 1.165) is 0 Å². The minimum Gasteiger partial charge on any atom is -0.368 e. The summed E-state index contributed by atoms with van der Waals surface area (Å²) in [5.74, 6) is 0.335. The van der Waals surface area contributed by atoms with E-state index in [4.69, 9.17) is 17.3 Å². The molecule has 3 nitrogen and oxygen atoms in total. The van der Waals surface area contributed by atoms with E-state index in [0.29, 0.717) is 5.88 Å². The zero-order chi connectivity index (χ0) is 6.85. The maximum absolute atomic E-state index is 10.5. The molecule has 52 valence electrons. The number of rotatable bonds is 1. The van der Waals surface area contributed by atoms with Crippen LogP contribution in [0, 0.1) is 0 Å². The van der Waals surface area contributed by atoms with Gasteiger partial charge in [-0.2, -0.15) is 0 Å². The number of carbonyl (C=O) groups excluding carboxylic acids is 1. The van der Waals surface area contributed by atoms with Crippen LogP contribution in [0.5, 0.6) is 0 Å². The van der Waals surface area contributed by atoms with Crippen LogP contribution in [0.1, 0.15) is 0 Å². The van der Waals surface area contributed by atoms with Gasteiger partial charge < -0.3 is 5.73 Å². The molecular weight excluding hydrogens is 160 g/mol. The van der Waals surface area contributed by atoms with Gasteiger partial charge in [-0.25, -0.2) is 0 Å². The molecule has 2 unspecified atom stereocenters. The first-order valence-corrected chi connectivity index (χ1v) is 3.98. The second-order valence-electron chi connectivity index (χ2n) is 1.75. The van der Waals surface area contributed by atoms with Crippen LogP contribution in [0.15, 0.2) is 0 Å². The van der Waals surface area contributed by atoms with Crippen LogP contribution >= 0.6 is 23.4 Å². The van der Waals surface area contributed by atoms with Crippen molar-refractivity contribution in [2.24, 2.45) is 5.73 Å². The molecule has 1 rings (SSSR count). The number of halogens is 1. The number of hydrogen-bond donors (Lipinski definition) is 2. The molecule has 2 atom stereocenters.